The largest absolute Gasteiger partial charge is 0.306 e. The number of rotatable bonds is 5. The third-order valence-electron chi connectivity index (χ3n) is 3.12. The van der Waals surface area contributed by atoms with Crippen molar-refractivity contribution in [2.24, 2.45) is 0 Å². The molecule has 1 N–H and O–H groups in total. The van der Waals surface area contributed by atoms with E-state index in [4.69, 9.17) is 0 Å². The first-order valence-corrected chi connectivity index (χ1v) is 6.42. The van der Waals surface area contributed by atoms with E-state index in [0.717, 1.165) is 17.5 Å². The first kappa shape index (κ1) is 13.7. The molecule has 0 aromatic heterocycles. The minimum Gasteiger partial charge on any atom is -0.306 e. The maximum absolute atomic E-state index is 13.1. The smallest absolute Gasteiger partial charge is 0.123 e. The Morgan fingerprint density at radius 2 is 1.74 bits per heavy atom. The summed E-state index contributed by atoms with van der Waals surface area (Å²) in [6.07, 6.45) is 0.890. The summed E-state index contributed by atoms with van der Waals surface area (Å²) in [5, 5.41) is 3.36. The van der Waals surface area contributed by atoms with E-state index < -0.39 is 0 Å². The molecular weight excluding hydrogens is 244 g/mol. The summed E-state index contributed by atoms with van der Waals surface area (Å²) in [6.45, 7) is 2.65. The molecule has 2 aromatic carbocycles. The summed E-state index contributed by atoms with van der Waals surface area (Å²) in [4.78, 5) is 0. The first-order chi connectivity index (χ1) is 9.19. The van der Waals surface area contributed by atoms with Gasteiger partial charge in [-0.25, -0.2) is 8.78 Å². The van der Waals surface area contributed by atoms with Gasteiger partial charge in [0.05, 0.1) is 0 Å². The lowest BCUT2D eigenvalue weighted by Crippen LogP contribution is -2.20. The van der Waals surface area contributed by atoms with Crippen LogP contribution in [-0.4, -0.2) is 0 Å². The molecule has 1 nitrogen and oxygen atoms in total. The highest BCUT2D eigenvalue weighted by atomic mass is 19.1. The molecule has 1 atom stereocenters. The summed E-state index contributed by atoms with van der Waals surface area (Å²) in [6, 6.07) is 13.2. The van der Waals surface area contributed by atoms with E-state index in [9.17, 15) is 8.78 Å². The van der Waals surface area contributed by atoms with Crippen molar-refractivity contribution in [2.45, 2.75) is 25.9 Å². The number of benzene rings is 2. The molecule has 0 saturated heterocycles. The van der Waals surface area contributed by atoms with Gasteiger partial charge in [0.2, 0.25) is 0 Å². The van der Waals surface area contributed by atoms with E-state index in [2.05, 4.69) is 12.2 Å². The number of hydrogen-bond donors (Lipinski definition) is 1. The molecule has 100 valence electrons. The van der Waals surface area contributed by atoms with Crippen molar-refractivity contribution in [3.05, 3.63) is 71.3 Å². The molecule has 0 unspecified atom stereocenters. The average Bonchev–Trinajstić information content (AvgIpc) is 2.41. The number of halogens is 2. The standard InChI is InChI=1S/C16H17F2N/c1-2-16(13-6-8-14(17)9-7-13)19-11-12-4-3-5-15(18)10-12/h3-10,16,19H,2,11H2,1H3/t16-/m0/s1. The van der Waals surface area contributed by atoms with E-state index in [0.29, 0.717) is 6.54 Å². The van der Waals surface area contributed by atoms with E-state index in [1.165, 1.54) is 24.3 Å². The van der Waals surface area contributed by atoms with Gasteiger partial charge >= 0.3 is 0 Å². The Kier molecular flexibility index (Phi) is 4.63. The summed E-state index contributed by atoms with van der Waals surface area (Å²) in [5.74, 6) is -0.460. The third kappa shape index (κ3) is 3.86. The minimum absolute atomic E-state index is 0.142. The maximum Gasteiger partial charge on any atom is 0.123 e. The molecular formula is C16H17F2N. The Balaban J connectivity index is 2.01. The molecule has 0 aliphatic rings. The van der Waals surface area contributed by atoms with Crippen LogP contribution in [0.15, 0.2) is 48.5 Å². The molecule has 0 bridgehead atoms. The van der Waals surface area contributed by atoms with Crippen LogP contribution in [0.25, 0.3) is 0 Å². The topological polar surface area (TPSA) is 12.0 Å². The second-order valence-electron chi connectivity index (χ2n) is 4.52. The van der Waals surface area contributed by atoms with Gasteiger partial charge in [0.15, 0.2) is 0 Å². The van der Waals surface area contributed by atoms with Gasteiger partial charge in [-0.1, -0.05) is 31.2 Å². The lowest BCUT2D eigenvalue weighted by Gasteiger charge is -2.17. The summed E-state index contributed by atoms with van der Waals surface area (Å²) < 4.78 is 26.0. The normalized spacial score (nSPS) is 12.4. The summed E-state index contributed by atoms with van der Waals surface area (Å²) in [7, 11) is 0. The summed E-state index contributed by atoms with van der Waals surface area (Å²) >= 11 is 0. The molecule has 0 saturated carbocycles. The fourth-order valence-corrected chi connectivity index (χ4v) is 2.08. The predicted molar refractivity (Wildman–Crippen MR) is 72.7 cm³/mol. The van der Waals surface area contributed by atoms with E-state index in [-0.39, 0.29) is 17.7 Å². The van der Waals surface area contributed by atoms with Gasteiger partial charge < -0.3 is 5.32 Å². The van der Waals surface area contributed by atoms with Crippen molar-refractivity contribution >= 4 is 0 Å². The zero-order valence-electron chi connectivity index (χ0n) is 10.9. The Morgan fingerprint density at radius 1 is 1.00 bits per heavy atom. The molecule has 3 heteroatoms. The van der Waals surface area contributed by atoms with Crippen LogP contribution in [0.1, 0.15) is 30.5 Å². The molecule has 0 heterocycles. The van der Waals surface area contributed by atoms with Crippen LogP contribution in [0.5, 0.6) is 0 Å². The van der Waals surface area contributed by atoms with Gasteiger partial charge in [0, 0.05) is 12.6 Å². The van der Waals surface area contributed by atoms with Gasteiger partial charge in [0.25, 0.3) is 0 Å². The van der Waals surface area contributed by atoms with Gasteiger partial charge in [-0.3, -0.25) is 0 Å². The molecule has 2 aromatic rings. The minimum atomic E-state index is -0.233. The number of nitrogens with one attached hydrogen (secondary N) is 1. The van der Waals surface area contributed by atoms with Crippen LogP contribution in [0.2, 0.25) is 0 Å². The van der Waals surface area contributed by atoms with Crippen LogP contribution in [0, 0.1) is 11.6 Å². The van der Waals surface area contributed by atoms with Crippen LogP contribution in [0.3, 0.4) is 0 Å². The SMILES string of the molecule is CC[C@H](NCc1cccc(F)c1)c1ccc(F)cc1. The maximum atomic E-state index is 13.1. The predicted octanol–water partition coefficient (Wildman–Crippen LogP) is 4.21. The number of hydrogen-bond acceptors (Lipinski definition) is 1. The third-order valence-corrected chi connectivity index (χ3v) is 3.12. The molecule has 0 aliphatic carbocycles. The fraction of sp³-hybridized carbons (Fsp3) is 0.250. The average molecular weight is 261 g/mol. The second-order valence-corrected chi connectivity index (χ2v) is 4.52. The highest BCUT2D eigenvalue weighted by Crippen LogP contribution is 2.17. The van der Waals surface area contributed by atoms with Crippen molar-refractivity contribution in [3.8, 4) is 0 Å². The van der Waals surface area contributed by atoms with E-state index in [1.54, 1.807) is 18.2 Å². The first-order valence-electron chi connectivity index (χ1n) is 6.42. The van der Waals surface area contributed by atoms with Crippen molar-refractivity contribution in [1.82, 2.24) is 5.32 Å². The van der Waals surface area contributed by atoms with Gasteiger partial charge in [0.1, 0.15) is 11.6 Å². The van der Waals surface area contributed by atoms with Crippen molar-refractivity contribution in [3.63, 3.8) is 0 Å². The highest BCUT2D eigenvalue weighted by molar-refractivity contribution is 5.21. The Morgan fingerprint density at radius 3 is 2.37 bits per heavy atom. The molecule has 0 fully saturated rings. The van der Waals surface area contributed by atoms with Gasteiger partial charge in [-0.2, -0.15) is 0 Å². The Labute approximate surface area is 112 Å². The van der Waals surface area contributed by atoms with E-state index in [1.807, 2.05) is 6.07 Å². The Bertz CT molecular complexity index is 523. The molecule has 0 spiro atoms. The van der Waals surface area contributed by atoms with Gasteiger partial charge in [-0.15, -0.1) is 0 Å². The Hall–Kier alpha value is -1.74. The lowest BCUT2D eigenvalue weighted by molar-refractivity contribution is 0.515. The van der Waals surface area contributed by atoms with Crippen molar-refractivity contribution in [1.29, 1.82) is 0 Å². The zero-order chi connectivity index (χ0) is 13.7. The molecule has 0 amide bonds. The van der Waals surface area contributed by atoms with E-state index >= 15 is 0 Å². The molecule has 2 rings (SSSR count). The fourth-order valence-electron chi connectivity index (χ4n) is 2.08. The molecule has 19 heavy (non-hydrogen) atoms. The zero-order valence-corrected chi connectivity index (χ0v) is 10.9. The lowest BCUT2D eigenvalue weighted by atomic mass is 10.0. The van der Waals surface area contributed by atoms with Crippen LogP contribution >= 0.6 is 0 Å². The molecule has 0 aliphatic heterocycles. The molecule has 0 radical (unpaired) electrons. The highest BCUT2D eigenvalue weighted by Gasteiger charge is 2.08. The van der Waals surface area contributed by atoms with Crippen LogP contribution < -0.4 is 5.32 Å². The van der Waals surface area contributed by atoms with Crippen molar-refractivity contribution in [2.75, 3.05) is 0 Å². The monoisotopic (exact) mass is 261 g/mol. The van der Waals surface area contributed by atoms with Crippen LogP contribution in [-0.2, 0) is 6.54 Å². The quantitative estimate of drug-likeness (QED) is 0.850. The van der Waals surface area contributed by atoms with Crippen LogP contribution in [0.4, 0.5) is 8.78 Å². The second kappa shape index (κ2) is 6.43. The van der Waals surface area contributed by atoms with Gasteiger partial charge in [-0.05, 0) is 41.8 Å². The summed E-state index contributed by atoms with van der Waals surface area (Å²) in [5.41, 5.74) is 1.95. The van der Waals surface area contributed by atoms with Crippen molar-refractivity contribution < 1.29 is 8.78 Å².